The van der Waals surface area contributed by atoms with E-state index in [0.29, 0.717) is 5.02 Å². The lowest BCUT2D eigenvalue weighted by Gasteiger charge is -2.09. The zero-order chi connectivity index (χ0) is 15.5. The Balaban J connectivity index is 1.86. The molecule has 22 heavy (non-hydrogen) atoms. The van der Waals surface area contributed by atoms with Crippen LogP contribution in [0.4, 0.5) is 0 Å². The fourth-order valence-corrected chi connectivity index (χ4v) is 3.49. The van der Waals surface area contributed by atoms with Crippen LogP contribution in [0.1, 0.15) is 11.4 Å². The lowest BCUT2D eigenvalue weighted by atomic mass is 10.2. The van der Waals surface area contributed by atoms with Gasteiger partial charge < -0.3 is 0 Å². The normalized spacial score (nSPS) is 10.9. The Morgan fingerprint density at radius 1 is 1.00 bits per heavy atom. The van der Waals surface area contributed by atoms with E-state index in [1.54, 1.807) is 11.8 Å². The summed E-state index contributed by atoms with van der Waals surface area (Å²) in [6.45, 7) is 1.93. The average Bonchev–Trinajstić information content (AvgIpc) is 2.88. The molecule has 3 aromatic rings. The molecule has 1 aromatic heterocycles. The van der Waals surface area contributed by atoms with Crippen molar-refractivity contribution in [1.29, 1.82) is 0 Å². The quantitative estimate of drug-likeness (QED) is 0.608. The number of aromatic nitrogens is 3. The van der Waals surface area contributed by atoms with Crippen molar-refractivity contribution in [2.24, 2.45) is 0 Å². The minimum Gasteiger partial charge on any atom is -0.274 e. The van der Waals surface area contributed by atoms with Gasteiger partial charge in [-0.2, -0.15) is 0 Å². The zero-order valence-electron chi connectivity index (χ0n) is 11.8. The van der Waals surface area contributed by atoms with Gasteiger partial charge in [0.15, 0.2) is 5.16 Å². The summed E-state index contributed by atoms with van der Waals surface area (Å²) in [5.41, 5.74) is 2.08. The first kappa shape index (κ1) is 15.4. The molecule has 0 spiro atoms. The van der Waals surface area contributed by atoms with Gasteiger partial charge in [-0.3, -0.25) is 4.57 Å². The summed E-state index contributed by atoms with van der Waals surface area (Å²) in [7, 11) is 0. The molecule has 0 atom stereocenters. The molecule has 0 unspecified atom stereocenters. The molecule has 1 heterocycles. The van der Waals surface area contributed by atoms with Crippen LogP contribution in [0, 0.1) is 6.92 Å². The van der Waals surface area contributed by atoms with Crippen LogP contribution in [0.3, 0.4) is 0 Å². The minimum atomic E-state index is 0.708. The first-order chi connectivity index (χ1) is 10.6. The van der Waals surface area contributed by atoms with E-state index in [2.05, 4.69) is 10.2 Å². The molecule has 2 aromatic carbocycles. The molecule has 0 aliphatic carbocycles. The van der Waals surface area contributed by atoms with Gasteiger partial charge in [0.1, 0.15) is 5.82 Å². The largest absolute Gasteiger partial charge is 0.274 e. The van der Waals surface area contributed by atoms with Crippen molar-refractivity contribution in [1.82, 2.24) is 14.8 Å². The van der Waals surface area contributed by atoms with Crippen molar-refractivity contribution in [3.8, 4) is 5.69 Å². The van der Waals surface area contributed by atoms with Gasteiger partial charge in [-0.25, -0.2) is 0 Å². The van der Waals surface area contributed by atoms with Crippen LogP contribution in [-0.4, -0.2) is 14.8 Å². The predicted molar refractivity (Wildman–Crippen MR) is 92.1 cm³/mol. The second kappa shape index (κ2) is 6.73. The highest BCUT2D eigenvalue weighted by Gasteiger charge is 2.12. The van der Waals surface area contributed by atoms with Crippen LogP contribution in [0.15, 0.2) is 53.7 Å². The summed E-state index contributed by atoms with van der Waals surface area (Å²) >= 11 is 13.8. The first-order valence-corrected chi connectivity index (χ1v) is 8.43. The van der Waals surface area contributed by atoms with Gasteiger partial charge in [-0.1, -0.05) is 53.2 Å². The average molecular weight is 350 g/mol. The molecule has 0 radical (unpaired) electrons. The van der Waals surface area contributed by atoms with Crippen LogP contribution >= 0.6 is 35.0 Å². The third-order valence-corrected chi connectivity index (χ3v) is 4.79. The summed E-state index contributed by atoms with van der Waals surface area (Å²) in [5, 5.41) is 10.7. The Bertz CT molecular complexity index is 784. The number of hydrogen-bond donors (Lipinski definition) is 0. The number of benzene rings is 2. The number of rotatable bonds is 4. The van der Waals surface area contributed by atoms with Crippen molar-refractivity contribution in [3.05, 3.63) is 70.0 Å². The standard InChI is InChI=1S/C16H13Cl2N3S/c1-11-19-20-16(21(11)14-8-6-13(17)7-9-14)22-10-12-4-2-3-5-15(12)18/h2-9H,10H2,1H3. The van der Waals surface area contributed by atoms with E-state index in [-0.39, 0.29) is 0 Å². The second-order valence-corrected chi connectivity index (χ2v) is 6.51. The van der Waals surface area contributed by atoms with E-state index in [0.717, 1.165) is 33.0 Å². The Morgan fingerprint density at radius 3 is 2.45 bits per heavy atom. The molecule has 3 nitrogen and oxygen atoms in total. The molecule has 6 heteroatoms. The van der Waals surface area contributed by atoms with Crippen LogP contribution in [-0.2, 0) is 5.75 Å². The van der Waals surface area contributed by atoms with Gasteiger partial charge in [0.05, 0.1) is 0 Å². The number of nitrogens with zero attached hydrogens (tertiary/aromatic N) is 3. The third kappa shape index (κ3) is 3.29. The van der Waals surface area contributed by atoms with Crippen molar-refractivity contribution in [2.75, 3.05) is 0 Å². The highest BCUT2D eigenvalue weighted by Crippen LogP contribution is 2.28. The van der Waals surface area contributed by atoms with Crippen LogP contribution in [0.5, 0.6) is 0 Å². The maximum atomic E-state index is 6.20. The molecular weight excluding hydrogens is 337 g/mol. The molecule has 0 saturated carbocycles. The zero-order valence-corrected chi connectivity index (χ0v) is 14.2. The van der Waals surface area contributed by atoms with E-state index in [9.17, 15) is 0 Å². The summed E-state index contributed by atoms with van der Waals surface area (Å²) in [5.74, 6) is 1.58. The Labute approximate surface area is 143 Å². The van der Waals surface area contributed by atoms with Gasteiger partial charge in [0.25, 0.3) is 0 Å². The third-order valence-electron chi connectivity index (χ3n) is 3.19. The molecule has 0 amide bonds. The van der Waals surface area contributed by atoms with Crippen molar-refractivity contribution >= 4 is 35.0 Å². The van der Waals surface area contributed by atoms with Gasteiger partial charge >= 0.3 is 0 Å². The Hall–Kier alpha value is -1.49. The molecule has 3 rings (SSSR count). The van der Waals surface area contributed by atoms with E-state index >= 15 is 0 Å². The minimum absolute atomic E-state index is 0.708. The second-order valence-electron chi connectivity index (χ2n) is 4.72. The molecule has 0 saturated heterocycles. The summed E-state index contributed by atoms with van der Waals surface area (Å²) < 4.78 is 2.01. The van der Waals surface area contributed by atoms with Crippen LogP contribution < -0.4 is 0 Å². The van der Waals surface area contributed by atoms with Gasteiger partial charge in [0.2, 0.25) is 0 Å². The van der Waals surface area contributed by atoms with Gasteiger partial charge in [-0.15, -0.1) is 10.2 Å². The van der Waals surface area contributed by atoms with Crippen LogP contribution in [0.2, 0.25) is 10.0 Å². The number of halogens is 2. The summed E-state index contributed by atoms with van der Waals surface area (Å²) in [6, 6.07) is 15.5. The van der Waals surface area contributed by atoms with Crippen LogP contribution in [0.25, 0.3) is 5.69 Å². The smallest absolute Gasteiger partial charge is 0.196 e. The molecular formula is C16H13Cl2N3S. The predicted octanol–water partition coefficient (Wildman–Crippen LogP) is 5.17. The Kier molecular flexibility index (Phi) is 4.71. The lowest BCUT2D eigenvalue weighted by Crippen LogP contribution is -1.99. The van der Waals surface area contributed by atoms with E-state index in [1.165, 1.54) is 0 Å². The SMILES string of the molecule is Cc1nnc(SCc2ccccc2Cl)n1-c1ccc(Cl)cc1. The number of thioether (sulfide) groups is 1. The van der Waals surface area contributed by atoms with Gasteiger partial charge in [-0.05, 0) is 42.8 Å². The summed E-state index contributed by atoms with van der Waals surface area (Å²) in [6.07, 6.45) is 0. The molecule has 112 valence electrons. The summed E-state index contributed by atoms with van der Waals surface area (Å²) in [4.78, 5) is 0. The Morgan fingerprint density at radius 2 is 1.73 bits per heavy atom. The van der Waals surface area contributed by atoms with E-state index in [1.807, 2.05) is 60.0 Å². The molecule has 0 bridgehead atoms. The van der Waals surface area contributed by atoms with E-state index in [4.69, 9.17) is 23.2 Å². The number of hydrogen-bond acceptors (Lipinski definition) is 3. The number of aryl methyl sites for hydroxylation is 1. The molecule has 0 fully saturated rings. The fraction of sp³-hybridized carbons (Fsp3) is 0.125. The monoisotopic (exact) mass is 349 g/mol. The molecule has 0 aliphatic rings. The van der Waals surface area contributed by atoms with Crippen molar-refractivity contribution in [3.63, 3.8) is 0 Å². The molecule has 0 aliphatic heterocycles. The van der Waals surface area contributed by atoms with Crippen molar-refractivity contribution in [2.45, 2.75) is 17.8 Å². The highest BCUT2D eigenvalue weighted by atomic mass is 35.5. The van der Waals surface area contributed by atoms with Gasteiger partial charge in [0, 0.05) is 21.5 Å². The fourth-order valence-electron chi connectivity index (χ4n) is 2.08. The highest BCUT2D eigenvalue weighted by molar-refractivity contribution is 7.98. The lowest BCUT2D eigenvalue weighted by molar-refractivity contribution is 0.868. The maximum absolute atomic E-state index is 6.20. The topological polar surface area (TPSA) is 30.7 Å². The molecule has 0 N–H and O–H groups in total. The first-order valence-electron chi connectivity index (χ1n) is 6.69. The van der Waals surface area contributed by atoms with E-state index < -0.39 is 0 Å². The maximum Gasteiger partial charge on any atom is 0.196 e. The van der Waals surface area contributed by atoms with Crippen molar-refractivity contribution < 1.29 is 0 Å².